The van der Waals surface area contributed by atoms with Gasteiger partial charge < -0.3 is 14.4 Å². The standard InChI is InChI=1S/C14H25NO4/c1-7-18-12(16)9-10(13(17)19-8-2)14(3,4)11(9)15(5)6/h9-11H,7-8H2,1-6H3/t9-,10-,11+/m0/s1. The van der Waals surface area contributed by atoms with Gasteiger partial charge in [0.05, 0.1) is 25.0 Å². The molecule has 0 radical (unpaired) electrons. The van der Waals surface area contributed by atoms with Crippen LogP contribution in [0.3, 0.4) is 0 Å². The lowest BCUT2D eigenvalue weighted by Crippen LogP contribution is -2.68. The largest absolute Gasteiger partial charge is 0.466 e. The molecule has 0 heterocycles. The van der Waals surface area contributed by atoms with E-state index in [1.54, 1.807) is 13.8 Å². The molecule has 0 spiro atoms. The normalized spacial score (nSPS) is 28.7. The van der Waals surface area contributed by atoms with Gasteiger partial charge in [-0.05, 0) is 33.4 Å². The number of carbonyl (C=O) groups is 2. The van der Waals surface area contributed by atoms with Crippen molar-refractivity contribution in [3.05, 3.63) is 0 Å². The number of rotatable bonds is 5. The van der Waals surface area contributed by atoms with E-state index in [1.165, 1.54) is 0 Å². The molecule has 0 aromatic rings. The average Bonchev–Trinajstić information content (AvgIpc) is 2.25. The van der Waals surface area contributed by atoms with Crippen molar-refractivity contribution in [2.24, 2.45) is 17.3 Å². The summed E-state index contributed by atoms with van der Waals surface area (Å²) in [5.74, 6) is -1.48. The number of nitrogens with zero attached hydrogens (tertiary/aromatic N) is 1. The Kier molecular flexibility index (Phi) is 4.96. The summed E-state index contributed by atoms with van der Waals surface area (Å²) < 4.78 is 10.2. The molecule has 0 N–H and O–H groups in total. The molecular formula is C14H25NO4. The molecule has 0 amide bonds. The second-order valence-electron chi connectivity index (χ2n) is 5.74. The van der Waals surface area contributed by atoms with E-state index in [0.717, 1.165) is 0 Å². The number of hydrogen-bond donors (Lipinski definition) is 0. The molecule has 5 heteroatoms. The van der Waals surface area contributed by atoms with Crippen LogP contribution in [0.2, 0.25) is 0 Å². The van der Waals surface area contributed by atoms with Crippen LogP contribution in [0.4, 0.5) is 0 Å². The third-order valence-electron chi connectivity index (χ3n) is 3.92. The maximum Gasteiger partial charge on any atom is 0.311 e. The van der Waals surface area contributed by atoms with Crippen LogP contribution in [0.15, 0.2) is 0 Å². The van der Waals surface area contributed by atoms with Gasteiger partial charge in [0.15, 0.2) is 0 Å². The third-order valence-corrected chi connectivity index (χ3v) is 3.92. The van der Waals surface area contributed by atoms with E-state index in [4.69, 9.17) is 9.47 Å². The summed E-state index contributed by atoms with van der Waals surface area (Å²) in [5, 5.41) is 0. The number of ether oxygens (including phenoxy) is 2. The SMILES string of the molecule is CCOC(=O)[C@H]1[C@@H](C(=O)OCC)C(C)(C)[C@@H]1N(C)C. The summed E-state index contributed by atoms with van der Waals surface area (Å²) in [6, 6.07) is -0.0130. The molecule has 0 aliphatic heterocycles. The van der Waals surface area contributed by atoms with Crippen LogP contribution in [0.1, 0.15) is 27.7 Å². The van der Waals surface area contributed by atoms with Crippen LogP contribution in [0, 0.1) is 17.3 Å². The van der Waals surface area contributed by atoms with E-state index in [2.05, 4.69) is 0 Å². The number of carbonyl (C=O) groups excluding carboxylic acids is 2. The predicted octanol–water partition coefficient (Wildman–Crippen LogP) is 1.31. The monoisotopic (exact) mass is 271 g/mol. The summed E-state index contributed by atoms with van der Waals surface area (Å²) in [4.78, 5) is 26.2. The van der Waals surface area contributed by atoms with E-state index in [0.29, 0.717) is 13.2 Å². The fourth-order valence-electron chi connectivity index (χ4n) is 3.35. The summed E-state index contributed by atoms with van der Waals surface area (Å²) >= 11 is 0. The summed E-state index contributed by atoms with van der Waals surface area (Å²) in [6.45, 7) is 8.18. The van der Waals surface area contributed by atoms with Crippen LogP contribution in [-0.2, 0) is 19.1 Å². The van der Waals surface area contributed by atoms with E-state index in [-0.39, 0.29) is 23.4 Å². The molecule has 1 rings (SSSR count). The molecule has 0 aromatic carbocycles. The Labute approximate surface area is 115 Å². The first-order chi connectivity index (χ1) is 8.78. The van der Waals surface area contributed by atoms with E-state index in [9.17, 15) is 9.59 Å². The minimum Gasteiger partial charge on any atom is -0.466 e. The van der Waals surface area contributed by atoms with Gasteiger partial charge in [0.1, 0.15) is 0 Å². The highest BCUT2D eigenvalue weighted by molar-refractivity contribution is 5.86. The van der Waals surface area contributed by atoms with Crippen LogP contribution in [0.5, 0.6) is 0 Å². The van der Waals surface area contributed by atoms with Gasteiger partial charge in [-0.2, -0.15) is 0 Å². The lowest BCUT2D eigenvalue weighted by Gasteiger charge is -2.57. The molecule has 1 fully saturated rings. The molecule has 19 heavy (non-hydrogen) atoms. The highest BCUT2D eigenvalue weighted by Crippen LogP contribution is 2.53. The molecule has 1 aliphatic carbocycles. The summed E-state index contributed by atoms with van der Waals surface area (Å²) in [5.41, 5.74) is -0.298. The predicted molar refractivity (Wildman–Crippen MR) is 71.5 cm³/mol. The van der Waals surface area contributed by atoms with Crippen molar-refractivity contribution in [1.29, 1.82) is 0 Å². The van der Waals surface area contributed by atoms with Crippen molar-refractivity contribution < 1.29 is 19.1 Å². The van der Waals surface area contributed by atoms with E-state index >= 15 is 0 Å². The number of esters is 2. The Bertz CT molecular complexity index is 351. The van der Waals surface area contributed by atoms with Gasteiger partial charge in [0.2, 0.25) is 0 Å². The number of hydrogen-bond acceptors (Lipinski definition) is 5. The van der Waals surface area contributed by atoms with Gasteiger partial charge in [-0.25, -0.2) is 0 Å². The third kappa shape index (κ3) is 2.76. The zero-order valence-corrected chi connectivity index (χ0v) is 12.7. The van der Waals surface area contributed by atoms with Crippen molar-refractivity contribution in [3.63, 3.8) is 0 Å². The second-order valence-corrected chi connectivity index (χ2v) is 5.74. The summed E-state index contributed by atoms with van der Waals surface area (Å²) in [6.07, 6.45) is 0. The molecule has 0 aromatic heterocycles. The van der Waals surface area contributed by atoms with Gasteiger partial charge in [0, 0.05) is 6.04 Å². The van der Waals surface area contributed by atoms with Crippen molar-refractivity contribution in [1.82, 2.24) is 4.90 Å². The minimum absolute atomic E-state index is 0.0130. The van der Waals surface area contributed by atoms with Crippen molar-refractivity contribution >= 4 is 11.9 Å². The molecule has 0 unspecified atom stereocenters. The van der Waals surface area contributed by atoms with Gasteiger partial charge in [-0.15, -0.1) is 0 Å². The molecule has 0 bridgehead atoms. The average molecular weight is 271 g/mol. The fraction of sp³-hybridized carbons (Fsp3) is 0.857. The maximum atomic E-state index is 12.1. The van der Waals surface area contributed by atoms with Gasteiger partial charge in [-0.3, -0.25) is 9.59 Å². The first-order valence-corrected chi connectivity index (χ1v) is 6.78. The highest BCUT2D eigenvalue weighted by Gasteiger charge is 2.64. The lowest BCUT2D eigenvalue weighted by atomic mass is 9.51. The Morgan fingerprint density at radius 1 is 1.05 bits per heavy atom. The first kappa shape index (κ1) is 16.0. The van der Waals surface area contributed by atoms with Crippen molar-refractivity contribution in [3.8, 4) is 0 Å². The highest BCUT2D eigenvalue weighted by atomic mass is 16.5. The van der Waals surface area contributed by atoms with Crippen LogP contribution >= 0.6 is 0 Å². The zero-order valence-electron chi connectivity index (χ0n) is 12.7. The molecule has 1 aliphatic rings. The molecule has 3 atom stereocenters. The quantitative estimate of drug-likeness (QED) is 0.706. The molecule has 110 valence electrons. The fourth-order valence-corrected chi connectivity index (χ4v) is 3.35. The van der Waals surface area contributed by atoms with Crippen molar-refractivity contribution in [2.75, 3.05) is 27.3 Å². The first-order valence-electron chi connectivity index (χ1n) is 6.78. The Morgan fingerprint density at radius 2 is 1.53 bits per heavy atom. The molecule has 1 saturated carbocycles. The van der Waals surface area contributed by atoms with Crippen LogP contribution in [0.25, 0.3) is 0 Å². The Morgan fingerprint density at radius 3 is 1.95 bits per heavy atom. The molecular weight excluding hydrogens is 246 g/mol. The zero-order chi connectivity index (χ0) is 14.8. The second kappa shape index (κ2) is 5.90. The van der Waals surface area contributed by atoms with Gasteiger partial charge in [-0.1, -0.05) is 13.8 Å². The topological polar surface area (TPSA) is 55.8 Å². The molecule has 0 saturated heterocycles. The van der Waals surface area contributed by atoms with Crippen LogP contribution < -0.4 is 0 Å². The Balaban J connectivity index is 2.98. The molecule has 5 nitrogen and oxygen atoms in total. The smallest absolute Gasteiger partial charge is 0.311 e. The maximum absolute atomic E-state index is 12.1. The lowest BCUT2D eigenvalue weighted by molar-refractivity contribution is -0.195. The minimum atomic E-state index is -0.441. The van der Waals surface area contributed by atoms with Crippen LogP contribution in [-0.4, -0.2) is 50.2 Å². The van der Waals surface area contributed by atoms with E-state index in [1.807, 2.05) is 32.8 Å². The summed E-state index contributed by atoms with van der Waals surface area (Å²) in [7, 11) is 3.83. The van der Waals surface area contributed by atoms with Crippen molar-refractivity contribution in [2.45, 2.75) is 33.7 Å². The van der Waals surface area contributed by atoms with E-state index < -0.39 is 11.8 Å². The van der Waals surface area contributed by atoms with Gasteiger partial charge in [0.25, 0.3) is 0 Å². The van der Waals surface area contributed by atoms with Gasteiger partial charge >= 0.3 is 11.9 Å². The Hall–Kier alpha value is -1.10.